The molecule has 5 heteroatoms. The van der Waals surface area contributed by atoms with Gasteiger partial charge in [0, 0.05) is 17.7 Å². The average molecular weight is 363 g/mol. The highest BCUT2D eigenvalue weighted by molar-refractivity contribution is 5.91. The molecule has 138 valence electrons. The topological polar surface area (TPSA) is 79.5 Å². The Morgan fingerprint density at radius 2 is 1.70 bits per heavy atom. The third kappa shape index (κ3) is 4.44. The lowest BCUT2D eigenvalue weighted by molar-refractivity contribution is -0.115. The molecule has 1 amide bonds. The molecule has 2 N–H and O–H groups in total. The number of rotatable bonds is 6. The molecule has 0 aliphatic rings. The molecule has 0 radical (unpaired) electrons. The van der Waals surface area contributed by atoms with Gasteiger partial charge in [0.15, 0.2) is 0 Å². The van der Waals surface area contributed by atoms with E-state index in [1.807, 2.05) is 55.5 Å². The monoisotopic (exact) mass is 363 g/mol. The van der Waals surface area contributed by atoms with Crippen molar-refractivity contribution in [1.82, 2.24) is 0 Å². The Morgan fingerprint density at radius 3 is 2.30 bits per heavy atom. The summed E-state index contributed by atoms with van der Waals surface area (Å²) in [5.74, 6) is -0.622. The first-order chi connectivity index (χ1) is 13.1. The summed E-state index contributed by atoms with van der Waals surface area (Å²) in [4.78, 5) is 24.7. The molecule has 0 saturated heterocycles. The van der Waals surface area contributed by atoms with Crippen LogP contribution in [0.2, 0.25) is 0 Å². The van der Waals surface area contributed by atoms with Crippen molar-refractivity contribution >= 4 is 11.6 Å². The van der Waals surface area contributed by atoms with Crippen LogP contribution < -0.4 is 10.9 Å². The van der Waals surface area contributed by atoms with Gasteiger partial charge in [-0.05, 0) is 24.1 Å². The van der Waals surface area contributed by atoms with Crippen LogP contribution >= 0.6 is 0 Å². The number of anilines is 1. The summed E-state index contributed by atoms with van der Waals surface area (Å²) in [6.45, 7) is 1.94. The van der Waals surface area contributed by atoms with Crippen molar-refractivity contribution in [2.24, 2.45) is 0 Å². The average Bonchev–Trinajstić information content (AvgIpc) is 2.66. The first-order valence-corrected chi connectivity index (χ1v) is 8.84. The van der Waals surface area contributed by atoms with Gasteiger partial charge in [-0.1, -0.05) is 55.5 Å². The molecule has 2 aromatic carbocycles. The van der Waals surface area contributed by atoms with Crippen molar-refractivity contribution in [3.05, 3.63) is 94.0 Å². The fourth-order valence-corrected chi connectivity index (χ4v) is 3.12. The Hall–Kier alpha value is -3.34. The van der Waals surface area contributed by atoms with Crippen molar-refractivity contribution in [2.75, 3.05) is 5.32 Å². The quantitative estimate of drug-likeness (QED) is 0.692. The van der Waals surface area contributed by atoms with Gasteiger partial charge in [-0.25, -0.2) is 4.79 Å². The molecular formula is C22H21NO4. The largest absolute Gasteiger partial charge is 0.507 e. The number of carbonyl (C=O) groups excluding carboxylic acids is 1. The fourth-order valence-electron chi connectivity index (χ4n) is 3.12. The number of nitrogens with one attached hydrogen (secondary N) is 1. The van der Waals surface area contributed by atoms with Crippen LogP contribution in [0.15, 0.2) is 75.9 Å². The van der Waals surface area contributed by atoms with Crippen molar-refractivity contribution in [1.29, 1.82) is 0 Å². The number of para-hydroxylation sites is 1. The van der Waals surface area contributed by atoms with Crippen LogP contribution in [0, 0.1) is 0 Å². The van der Waals surface area contributed by atoms with Gasteiger partial charge in [0.25, 0.3) is 0 Å². The van der Waals surface area contributed by atoms with Gasteiger partial charge in [-0.2, -0.15) is 0 Å². The third-order valence-corrected chi connectivity index (χ3v) is 4.37. The summed E-state index contributed by atoms with van der Waals surface area (Å²) in [5.41, 5.74) is 1.18. The number of aromatic hydroxyl groups is 1. The fraction of sp³-hybridized carbons (Fsp3) is 0.182. The van der Waals surface area contributed by atoms with Crippen molar-refractivity contribution in [3.63, 3.8) is 0 Å². The maximum absolute atomic E-state index is 12.5. The van der Waals surface area contributed by atoms with E-state index in [4.69, 9.17) is 4.42 Å². The minimum Gasteiger partial charge on any atom is -0.507 e. The van der Waals surface area contributed by atoms with Crippen molar-refractivity contribution < 1.29 is 14.3 Å². The Kier molecular flexibility index (Phi) is 5.71. The molecule has 5 nitrogen and oxygen atoms in total. The Balaban J connectivity index is 1.82. The Labute approximate surface area is 157 Å². The molecule has 0 saturated carbocycles. The Bertz CT molecular complexity index is 965. The summed E-state index contributed by atoms with van der Waals surface area (Å²) in [6.07, 6.45) is 0.496. The van der Waals surface area contributed by atoms with Crippen LogP contribution in [0.5, 0.6) is 5.75 Å². The molecule has 0 aliphatic heterocycles. The number of carbonyl (C=O) groups is 1. The zero-order valence-corrected chi connectivity index (χ0v) is 15.0. The van der Waals surface area contributed by atoms with E-state index in [9.17, 15) is 14.7 Å². The van der Waals surface area contributed by atoms with E-state index in [2.05, 4.69) is 5.32 Å². The highest BCUT2D eigenvalue weighted by atomic mass is 16.4. The molecule has 0 spiro atoms. The van der Waals surface area contributed by atoms with E-state index in [0.29, 0.717) is 12.1 Å². The van der Waals surface area contributed by atoms with Gasteiger partial charge in [0.1, 0.15) is 11.5 Å². The smallest absolute Gasteiger partial charge is 0.343 e. The molecule has 0 bridgehead atoms. The second-order valence-electron chi connectivity index (χ2n) is 6.26. The van der Waals surface area contributed by atoms with Gasteiger partial charge in [0.05, 0.1) is 12.0 Å². The van der Waals surface area contributed by atoms with E-state index in [0.717, 1.165) is 5.56 Å². The first kappa shape index (κ1) is 18.5. The number of hydrogen-bond acceptors (Lipinski definition) is 4. The number of benzene rings is 2. The first-order valence-electron chi connectivity index (χ1n) is 8.84. The Morgan fingerprint density at radius 1 is 1.07 bits per heavy atom. The lowest BCUT2D eigenvalue weighted by atomic mass is 9.89. The van der Waals surface area contributed by atoms with Crippen molar-refractivity contribution in [3.8, 4) is 5.75 Å². The molecule has 1 atom stereocenters. The summed E-state index contributed by atoms with van der Waals surface area (Å²) in [7, 11) is 0. The molecule has 1 aromatic heterocycles. The van der Waals surface area contributed by atoms with Crippen LogP contribution in [0.4, 0.5) is 5.69 Å². The molecule has 27 heavy (non-hydrogen) atoms. The highest BCUT2D eigenvalue weighted by Gasteiger charge is 2.22. The SMILES string of the molecule is CC[C@H](c1ccccc1)c1c(O)cc(CC(=O)Nc2ccccc2)oc1=O. The summed E-state index contributed by atoms with van der Waals surface area (Å²) >= 11 is 0. The predicted molar refractivity (Wildman–Crippen MR) is 104 cm³/mol. The van der Waals surface area contributed by atoms with Gasteiger partial charge < -0.3 is 14.8 Å². The predicted octanol–water partition coefficient (Wildman–Crippen LogP) is 4.07. The van der Waals surface area contributed by atoms with E-state index >= 15 is 0 Å². The minimum atomic E-state index is -0.617. The van der Waals surface area contributed by atoms with E-state index in [-0.39, 0.29) is 35.3 Å². The lowest BCUT2D eigenvalue weighted by Crippen LogP contribution is -2.18. The molecule has 3 aromatic rings. The van der Waals surface area contributed by atoms with Gasteiger partial charge in [0.2, 0.25) is 5.91 Å². The van der Waals surface area contributed by atoms with Crippen LogP contribution in [0.1, 0.15) is 36.1 Å². The molecule has 0 fully saturated rings. The minimum absolute atomic E-state index is 0.123. The summed E-state index contributed by atoms with van der Waals surface area (Å²) in [5, 5.41) is 13.2. The highest BCUT2D eigenvalue weighted by Crippen LogP contribution is 2.31. The summed E-state index contributed by atoms with van der Waals surface area (Å²) in [6, 6.07) is 19.8. The number of hydrogen-bond donors (Lipinski definition) is 2. The molecule has 1 heterocycles. The van der Waals surface area contributed by atoms with Crippen LogP contribution in [-0.2, 0) is 11.2 Å². The normalized spacial score (nSPS) is 11.7. The maximum atomic E-state index is 12.5. The van der Waals surface area contributed by atoms with Gasteiger partial charge in [-0.15, -0.1) is 0 Å². The zero-order valence-electron chi connectivity index (χ0n) is 15.0. The molecule has 3 rings (SSSR count). The number of amides is 1. The molecule has 0 aliphatic carbocycles. The van der Waals surface area contributed by atoms with Gasteiger partial charge >= 0.3 is 5.63 Å². The lowest BCUT2D eigenvalue weighted by Gasteiger charge is -2.16. The second kappa shape index (κ2) is 8.36. The summed E-state index contributed by atoms with van der Waals surface area (Å²) < 4.78 is 5.33. The van der Waals surface area contributed by atoms with Crippen LogP contribution in [-0.4, -0.2) is 11.0 Å². The zero-order chi connectivity index (χ0) is 19.2. The van der Waals surface area contributed by atoms with E-state index < -0.39 is 5.63 Å². The third-order valence-electron chi connectivity index (χ3n) is 4.37. The van der Waals surface area contributed by atoms with Crippen molar-refractivity contribution in [2.45, 2.75) is 25.7 Å². The standard InChI is InChI=1S/C22H21NO4/c1-2-18(15-9-5-3-6-10-15)21-19(24)13-17(27-22(21)26)14-20(25)23-16-11-7-4-8-12-16/h3-13,18,24H,2,14H2,1H3,(H,23,25)/t18-/m1/s1. The van der Waals surface area contributed by atoms with E-state index in [1.165, 1.54) is 6.07 Å². The van der Waals surface area contributed by atoms with Crippen LogP contribution in [0.25, 0.3) is 0 Å². The molecule has 0 unspecified atom stereocenters. The molecular weight excluding hydrogens is 342 g/mol. The van der Waals surface area contributed by atoms with E-state index in [1.54, 1.807) is 12.1 Å². The maximum Gasteiger partial charge on any atom is 0.343 e. The van der Waals surface area contributed by atoms with Gasteiger partial charge in [-0.3, -0.25) is 4.79 Å². The second-order valence-corrected chi connectivity index (χ2v) is 6.26. The van der Waals surface area contributed by atoms with Crippen LogP contribution in [0.3, 0.4) is 0 Å².